The predicted octanol–water partition coefficient (Wildman–Crippen LogP) is 3.59. The molecule has 0 saturated carbocycles. The summed E-state index contributed by atoms with van der Waals surface area (Å²) in [5.74, 6) is 0.925. The minimum absolute atomic E-state index is 0.0286. The van der Waals surface area contributed by atoms with Crippen LogP contribution in [-0.2, 0) is 11.3 Å². The summed E-state index contributed by atoms with van der Waals surface area (Å²) in [6, 6.07) is 17.5. The SMILES string of the molecule is COc1ccccc1-n1nnnc1SCC(=O)N(Cc1ccccc1)C(C)(C)C. The summed E-state index contributed by atoms with van der Waals surface area (Å²) in [5, 5.41) is 12.5. The lowest BCUT2D eigenvalue weighted by atomic mass is 10.0. The summed E-state index contributed by atoms with van der Waals surface area (Å²) >= 11 is 1.31. The first-order chi connectivity index (χ1) is 13.9. The first kappa shape index (κ1) is 20.9. The first-order valence-electron chi connectivity index (χ1n) is 9.29. The lowest BCUT2D eigenvalue weighted by molar-refractivity contribution is -0.133. The zero-order valence-electron chi connectivity index (χ0n) is 17.1. The summed E-state index contributed by atoms with van der Waals surface area (Å²) < 4.78 is 6.99. The molecule has 0 aliphatic heterocycles. The number of carbonyl (C=O) groups is 1. The number of ether oxygens (including phenoxy) is 1. The Morgan fingerprint density at radius 1 is 1.10 bits per heavy atom. The molecule has 0 N–H and O–H groups in total. The average Bonchev–Trinajstić information content (AvgIpc) is 3.18. The topological polar surface area (TPSA) is 73.1 Å². The van der Waals surface area contributed by atoms with Gasteiger partial charge in [-0.2, -0.15) is 4.68 Å². The molecule has 0 radical (unpaired) electrons. The van der Waals surface area contributed by atoms with Gasteiger partial charge in [-0.1, -0.05) is 54.2 Å². The molecule has 0 fully saturated rings. The average molecular weight is 412 g/mol. The van der Waals surface area contributed by atoms with Gasteiger partial charge in [0.15, 0.2) is 0 Å². The fourth-order valence-corrected chi connectivity index (χ4v) is 3.65. The van der Waals surface area contributed by atoms with E-state index in [0.29, 0.717) is 17.5 Å². The molecule has 0 spiro atoms. The molecule has 7 nitrogen and oxygen atoms in total. The van der Waals surface area contributed by atoms with Gasteiger partial charge in [0.25, 0.3) is 0 Å². The zero-order valence-corrected chi connectivity index (χ0v) is 17.9. The normalized spacial score (nSPS) is 11.3. The van der Waals surface area contributed by atoms with Gasteiger partial charge in [0.2, 0.25) is 11.1 Å². The Kier molecular flexibility index (Phi) is 6.53. The fourth-order valence-electron chi connectivity index (χ4n) is 2.89. The van der Waals surface area contributed by atoms with Crippen LogP contribution in [0.5, 0.6) is 5.75 Å². The fraction of sp³-hybridized carbons (Fsp3) is 0.333. The second kappa shape index (κ2) is 9.09. The highest BCUT2D eigenvalue weighted by Gasteiger charge is 2.27. The number of carbonyl (C=O) groups excluding carboxylic acids is 1. The van der Waals surface area contributed by atoms with Crippen LogP contribution in [-0.4, -0.2) is 49.4 Å². The van der Waals surface area contributed by atoms with Gasteiger partial charge in [-0.05, 0) is 48.9 Å². The minimum atomic E-state index is -0.304. The molecule has 0 aliphatic carbocycles. The first-order valence-corrected chi connectivity index (χ1v) is 10.3. The van der Waals surface area contributed by atoms with Crippen molar-refractivity contribution in [1.82, 2.24) is 25.1 Å². The van der Waals surface area contributed by atoms with Crippen LogP contribution in [0, 0.1) is 0 Å². The molecule has 29 heavy (non-hydrogen) atoms. The number of tetrazole rings is 1. The van der Waals surface area contributed by atoms with Crippen LogP contribution in [0.2, 0.25) is 0 Å². The Balaban J connectivity index is 1.75. The summed E-state index contributed by atoms with van der Waals surface area (Å²) in [6.45, 7) is 6.67. The Hall–Kier alpha value is -2.87. The van der Waals surface area contributed by atoms with E-state index in [1.54, 1.807) is 11.8 Å². The van der Waals surface area contributed by atoms with Crippen LogP contribution in [0.3, 0.4) is 0 Å². The van der Waals surface area contributed by atoms with E-state index in [-0.39, 0.29) is 17.2 Å². The number of thioether (sulfide) groups is 1. The number of hydrogen-bond donors (Lipinski definition) is 0. The van der Waals surface area contributed by atoms with E-state index in [2.05, 4.69) is 15.5 Å². The van der Waals surface area contributed by atoms with Gasteiger partial charge in [-0.25, -0.2) is 0 Å². The smallest absolute Gasteiger partial charge is 0.233 e. The van der Waals surface area contributed by atoms with Crippen molar-refractivity contribution in [2.24, 2.45) is 0 Å². The highest BCUT2D eigenvalue weighted by Crippen LogP contribution is 2.26. The van der Waals surface area contributed by atoms with Gasteiger partial charge < -0.3 is 9.64 Å². The van der Waals surface area contributed by atoms with Crippen molar-refractivity contribution < 1.29 is 9.53 Å². The second-order valence-corrected chi connectivity index (χ2v) is 8.41. The summed E-state index contributed by atoms with van der Waals surface area (Å²) in [7, 11) is 1.60. The third-order valence-corrected chi connectivity index (χ3v) is 5.28. The van der Waals surface area contributed by atoms with Gasteiger partial charge in [-0.15, -0.1) is 5.10 Å². The largest absolute Gasteiger partial charge is 0.494 e. The lowest BCUT2D eigenvalue weighted by Crippen LogP contribution is -2.45. The highest BCUT2D eigenvalue weighted by molar-refractivity contribution is 7.99. The van der Waals surface area contributed by atoms with E-state index < -0.39 is 0 Å². The molecule has 3 rings (SSSR count). The zero-order chi connectivity index (χ0) is 20.9. The van der Waals surface area contributed by atoms with E-state index in [1.807, 2.05) is 80.3 Å². The third-order valence-electron chi connectivity index (χ3n) is 4.37. The predicted molar refractivity (Wildman–Crippen MR) is 113 cm³/mol. The van der Waals surface area contributed by atoms with Gasteiger partial charge in [0, 0.05) is 12.1 Å². The van der Waals surface area contributed by atoms with E-state index in [0.717, 1.165) is 11.3 Å². The molecule has 152 valence electrons. The Labute approximate surface area is 175 Å². The van der Waals surface area contributed by atoms with Gasteiger partial charge in [0.05, 0.1) is 12.9 Å². The third kappa shape index (κ3) is 5.14. The molecule has 1 aromatic heterocycles. The van der Waals surface area contributed by atoms with Crippen LogP contribution in [0.1, 0.15) is 26.3 Å². The van der Waals surface area contributed by atoms with Crippen LogP contribution in [0.4, 0.5) is 0 Å². The molecular weight excluding hydrogens is 386 g/mol. The number of aromatic nitrogens is 4. The number of hydrogen-bond acceptors (Lipinski definition) is 6. The Morgan fingerprint density at radius 2 is 1.79 bits per heavy atom. The Bertz CT molecular complexity index is 953. The quantitative estimate of drug-likeness (QED) is 0.553. The van der Waals surface area contributed by atoms with Crippen molar-refractivity contribution in [3.63, 3.8) is 0 Å². The van der Waals surface area contributed by atoms with Crippen LogP contribution in [0.15, 0.2) is 59.8 Å². The molecule has 0 atom stereocenters. The number of amides is 1. The van der Waals surface area contributed by atoms with Crippen molar-refractivity contribution in [3.8, 4) is 11.4 Å². The number of para-hydroxylation sites is 2. The van der Waals surface area contributed by atoms with Gasteiger partial charge >= 0.3 is 0 Å². The second-order valence-electron chi connectivity index (χ2n) is 7.47. The molecule has 0 unspecified atom stereocenters. The summed E-state index contributed by atoms with van der Waals surface area (Å²) in [5.41, 5.74) is 1.52. The van der Waals surface area contributed by atoms with Crippen molar-refractivity contribution >= 4 is 17.7 Å². The molecular formula is C21H25N5O2S. The number of rotatable bonds is 7. The maximum absolute atomic E-state index is 13.1. The van der Waals surface area contributed by atoms with Crippen molar-refractivity contribution in [2.45, 2.75) is 38.0 Å². The maximum Gasteiger partial charge on any atom is 0.233 e. The summed E-state index contributed by atoms with van der Waals surface area (Å²) in [4.78, 5) is 14.9. The molecule has 0 aliphatic rings. The number of nitrogens with zero attached hydrogens (tertiary/aromatic N) is 5. The maximum atomic E-state index is 13.1. The molecule has 0 bridgehead atoms. The van der Waals surface area contributed by atoms with Gasteiger partial charge in [-0.3, -0.25) is 4.79 Å². The molecule has 3 aromatic rings. The Morgan fingerprint density at radius 3 is 2.48 bits per heavy atom. The van der Waals surface area contributed by atoms with Crippen molar-refractivity contribution in [3.05, 3.63) is 60.2 Å². The van der Waals surface area contributed by atoms with Crippen molar-refractivity contribution in [2.75, 3.05) is 12.9 Å². The standard InChI is InChI=1S/C21H25N5O2S/c1-21(2,3)25(14-16-10-6-5-7-11-16)19(27)15-29-20-22-23-24-26(20)17-12-8-9-13-18(17)28-4/h5-13H,14-15H2,1-4H3. The van der Waals surface area contributed by atoms with E-state index in [9.17, 15) is 4.79 Å². The monoisotopic (exact) mass is 411 g/mol. The molecule has 0 saturated heterocycles. The highest BCUT2D eigenvalue weighted by atomic mass is 32.2. The van der Waals surface area contributed by atoms with E-state index in [4.69, 9.17) is 4.74 Å². The van der Waals surface area contributed by atoms with Crippen molar-refractivity contribution in [1.29, 1.82) is 0 Å². The minimum Gasteiger partial charge on any atom is -0.494 e. The summed E-state index contributed by atoms with van der Waals surface area (Å²) in [6.07, 6.45) is 0. The molecule has 1 amide bonds. The number of benzene rings is 2. The molecule has 2 aromatic carbocycles. The molecule has 8 heteroatoms. The molecule has 1 heterocycles. The van der Waals surface area contributed by atoms with Crippen LogP contribution < -0.4 is 4.74 Å². The van der Waals surface area contributed by atoms with E-state index >= 15 is 0 Å². The van der Waals surface area contributed by atoms with Crippen LogP contribution in [0.25, 0.3) is 5.69 Å². The number of methoxy groups -OCH3 is 1. The lowest BCUT2D eigenvalue weighted by Gasteiger charge is -2.36. The van der Waals surface area contributed by atoms with Gasteiger partial charge in [0.1, 0.15) is 11.4 Å². The van der Waals surface area contributed by atoms with E-state index in [1.165, 1.54) is 11.8 Å². The van der Waals surface area contributed by atoms with Crippen LogP contribution >= 0.6 is 11.8 Å².